The Morgan fingerprint density at radius 2 is 2.04 bits per heavy atom. The van der Waals surface area contributed by atoms with Crippen LogP contribution in [0.1, 0.15) is 33.8 Å². The molecule has 4 heteroatoms. The normalized spacial score (nSPS) is 25.3. The van der Waals surface area contributed by atoms with Crippen LogP contribution < -0.4 is 9.80 Å². The van der Waals surface area contributed by atoms with E-state index in [1.165, 1.54) is 22.1 Å². The summed E-state index contributed by atoms with van der Waals surface area (Å²) < 4.78 is 14.2. The number of aryl methyl sites for hydroxylation is 1. The molecule has 1 saturated heterocycles. The topological polar surface area (TPSA) is 24.8 Å². The van der Waals surface area contributed by atoms with Crippen LogP contribution in [0.15, 0.2) is 42.5 Å². The lowest BCUT2D eigenvalue weighted by Gasteiger charge is -2.34. The molecule has 24 heavy (non-hydrogen) atoms. The number of rotatable bonds is 1. The van der Waals surface area contributed by atoms with Gasteiger partial charge < -0.3 is 9.80 Å². The zero-order chi connectivity index (χ0) is 16.8. The van der Waals surface area contributed by atoms with Gasteiger partial charge in [-0.25, -0.2) is 4.39 Å². The van der Waals surface area contributed by atoms with Gasteiger partial charge in [0.2, 0.25) is 0 Å². The molecule has 0 radical (unpaired) electrons. The predicted octanol–water partition coefficient (Wildman–Crippen LogP) is 2.17. The number of amides is 1. The Hall–Kier alpha value is -2.20. The lowest BCUT2D eigenvalue weighted by molar-refractivity contribution is -0.886. The van der Waals surface area contributed by atoms with Crippen molar-refractivity contribution in [2.45, 2.75) is 25.3 Å². The smallest absolute Gasteiger partial charge is 0.261 e. The Bertz CT molecular complexity index is 804. The zero-order valence-corrected chi connectivity index (χ0v) is 14.1. The van der Waals surface area contributed by atoms with Crippen molar-refractivity contribution in [1.29, 1.82) is 0 Å². The molecule has 0 spiro atoms. The molecule has 1 unspecified atom stereocenters. The van der Waals surface area contributed by atoms with Gasteiger partial charge >= 0.3 is 0 Å². The van der Waals surface area contributed by atoms with Crippen LogP contribution in [0.5, 0.6) is 0 Å². The summed E-state index contributed by atoms with van der Waals surface area (Å²) in [5.41, 5.74) is 3.56. The molecule has 2 heterocycles. The molecule has 0 bridgehead atoms. The summed E-state index contributed by atoms with van der Waals surface area (Å²) in [5, 5.41) is 0. The van der Waals surface area contributed by atoms with Gasteiger partial charge in [0, 0.05) is 12.1 Å². The molecular formula is C20H22FN2O+. The Balaban J connectivity index is 1.81. The van der Waals surface area contributed by atoms with Gasteiger partial charge in [0.15, 0.2) is 0 Å². The summed E-state index contributed by atoms with van der Waals surface area (Å²) in [6, 6.07) is 12.7. The third kappa shape index (κ3) is 2.33. The van der Waals surface area contributed by atoms with Crippen LogP contribution in [-0.4, -0.2) is 32.1 Å². The van der Waals surface area contributed by atoms with E-state index in [9.17, 15) is 9.18 Å². The van der Waals surface area contributed by atoms with Crippen molar-refractivity contribution in [3.05, 3.63) is 65.0 Å². The highest BCUT2D eigenvalue weighted by Gasteiger charge is 2.46. The molecule has 0 aliphatic carbocycles. The van der Waals surface area contributed by atoms with Crippen molar-refractivity contribution >= 4 is 11.6 Å². The largest absolute Gasteiger partial charge is 0.337 e. The zero-order valence-electron chi connectivity index (χ0n) is 14.1. The van der Waals surface area contributed by atoms with E-state index in [2.05, 4.69) is 20.0 Å². The van der Waals surface area contributed by atoms with Crippen molar-refractivity contribution in [2.24, 2.45) is 0 Å². The van der Waals surface area contributed by atoms with E-state index in [4.69, 9.17) is 0 Å². The number of likely N-dealkylation sites (N-methyl/N-ethyl adjacent to an activating group) is 1. The van der Waals surface area contributed by atoms with Gasteiger partial charge in [-0.15, -0.1) is 0 Å². The molecule has 1 fully saturated rings. The molecule has 1 N–H and O–H groups in total. The molecule has 0 saturated carbocycles. The second-order valence-corrected chi connectivity index (χ2v) is 7.09. The van der Waals surface area contributed by atoms with E-state index < -0.39 is 5.82 Å². The number of piperidine rings is 1. The van der Waals surface area contributed by atoms with Crippen LogP contribution in [0, 0.1) is 12.7 Å². The van der Waals surface area contributed by atoms with Crippen LogP contribution in [0.2, 0.25) is 0 Å². The second-order valence-electron chi connectivity index (χ2n) is 7.09. The number of nitrogens with zero attached hydrogens (tertiary/aromatic N) is 1. The first-order valence-corrected chi connectivity index (χ1v) is 8.56. The second kappa shape index (κ2) is 5.71. The van der Waals surface area contributed by atoms with Crippen LogP contribution >= 0.6 is 0 Å². The van der Waals surface area contributed by atoms with E-state index in [1.807, 2.05) is 17.0 Å². The number of hydrogen-bond acceptors (Lipinski definition) is 1. The lowest BCUT2D eigenvalue weighted by atomic mass is 9.88. The monoisotopic (exact) mass is 325 g/mol. The summed E-state index contributed by atoms with van der Waals surface area (Å²) in [4.78, 5) is 16.5. The Labute approximate surface area is 141 Å². The minimum Gasteiger partial charge on any atom is -0.337 e. The Kier molecular flexibility index (Phi) is 3.65. The van der Waals surface area contributed by atoms with Crippen molar-refractivity contribution in [3.8, 4) is 0 Å². The van der Waals surface area contributed by atoms with E-state index in [0.717, 1.165) is 25.2 Å². The molecule has 3 nitrogen and oxygen atoms in total. The van der Waals surface area contributed by atoms with Gasteiger partial charge in [-0.2, -0.15) is 0 Å². The third-order valence-electron chi connectivity index (χ3n) is 5.40. The first-order chi connectivity index (χ1) is 11.6. The van der Waals surface area contributed by atoms with Gasteiger partial charge in [0.1, 0.15) is 5.82 Å². The number of hydrogen-bond donors (Lipinski definition) is 1. The molecule has 2 aliphatic heterocycles. The van der Waals surface area contributed by atoms with E-state index in [1.54, 1.807) is 18.2 Å². The number of benzene rings is 2. The third-order valence-corrected chi connectivity index (χ3v) is 5.40. The fourth-order valence-corrected chi connectivity index (χ4v) is 4.23. The minimum absolute atomic E-state index is 0.137. The number of halogens is 1. The van der Waals surface area contributed by atoms with Crippen LogP contribution in [0.3, 0.4) is 0 Å². The summed E-state index contributed by atoms with van der Waals surface area (Å²) in [6.07, 6.45) is 0.949. The highest BCUT2D eigenvalue weighted by molar-refractivity contribution is 6.08. The van der Waals surface area contributed by atoms with Gasteiger partial charge in [0.05, 0.1) is 37.7 Å². The number of fused-ring (bicyclic) bond motifs is 3. The van der Waals surface area contributed by atoms with E-state index in [0.29, 0.717) is 5.92 Å². The molecule has 4 rings (SSSR count). The number of anilines is 1. The van der Waals surface area contributed by atoms with Gasteiger partial charge in [-0.3, -0.25) is 4.79 Å². The fraction of sp³-hybridized carbons (Fsp3) is 0.350. The van der Waals surface area contributed by atoms with E-state index >= 15 is 0 Å². The van der Waals surface area contributed by atoms with Crippen LogP contribution in [0.25, 0.3) is 0 Å². The maximum Gasteiger partial charge on any atom is 0.261 e. The Morgan fingerprint density at radius 3 is 2.83 bits per heavy atom. The highest BCUT2D eigenvalue weighted by atomic mass is 19.1. The van der Waals surface area contributed by atoms with Crippen LogP contribution in [-0.2, 0) is 0 Å². The Morgan fingerprint density at radius 1 is 1.25 bits per heavy atom. The fourth-order valence-electron chi connectivity index (χ4n) is 4.23. The lowest BCUT2D eigenvalue weighted by Crippen LogP contribution is -3.11. The van der Waals surface area contributed by atoms with Gasteiger partial charge in [-0.1, -0.05) is 29.8 Å². The summed E-state index contributed by atoms with van der Waals surface area (Å²) >= 11 is 0. The van der Waals surface area contributed by atoms with Gasteiger partial charge in [0.25, 0.3) is 5.91 Å². The molecule has 3 atom stereocenters. The van der Waals surface area contributed by atoms with E-state index in [-0.39, 0.29) is 17.5 Å². The summed E-state index contributed by atoms with van der Waals surface area (Å²) in [7, 11) is 2.20. The van der Waals surface area contributed by atoms with Crippen LogP contribution in [0.4, 0.5) is 10.1 Å². The maximum atomic E-state index is 14.2. The predicted molar refractivity (Wildman–Crippen MR) is 92.2 cm³/mol. The first kappa shape index (κ1) is 15.3. The summed E-state index contributed by atoms with van der Waals surface area (Å²) in [5.74, 6) is -0.326. The molecule has 1 amide bonds. The number of carbonyl (C=O) groups excluding carboxylic acids is 1. The number of carbonyl (C=O) groups is 1. The number of nitrogens with one attached hydrogen (secondary N) is 1. The van der Waals surface area contributed by atoms with Gasteiger partial charge in [-0.05, 0) is 30.7 Å². The van der Waals surface area contributed by atoms with Crippen molar-refractivity contribution < 1.29 is 14.1 Å². The molecule has 0 aromatic heterocycles. The molecular weight excluding hydrogens is 303 g/mol. The highest BCUT2D eigenvalue weighted by Crippen LogP contribution is 2.43. The SMILES string of the molecule is Cc1ccc2c(c1)[C@H]1C[NH+](C)CC[C@H]1N2C(=O)c1ccccc1F. The maximum absolute atomic E-state index is 14.2. The van der Waals surface area contributed by atoms with Crippen molar-refractivity contribution in [2.75, 3.05) is 25.0 Å². The first-order valence-electron chi connectivity index (χ1n) is 8.56. The van der Waals surface area contributed by atoms with Crippen molar-refractivity contribution in [3.63, 3.8) is 0 Å². The van der Waals surface area contributed by atoms with Crippen molar-refractivity contribution in [1.82, 2.24) is 0 Å². The number of quaternary nitrogens is 1. The average Bonchev–Trinajstić information content (AvgIpc) is 2.88. The standard InChI is InChI=1S/C20H21FN2O/c1-13-7-8-18-15(11-13)16-12-22(2)10-9-19(16)23(18)20(24)14-5-3-4-6-17(14)21/h3-8,11,16,19H,9-10,12H2,1-2H3/p+1/t16-,19-/m1/s1. The summed E-state index contributed by atoms with van der Waals surface area (Å²) in [6.45, 7) is 4.13. The average molecular weight is 325 g/mol. The quantitative estimate of drug-likeness (QED) is 0.854. The molecule has 124 valence electrons. The molecule has 2 aromatic carbocycles. The minimum atomic E-state index is -0.446. The molecule has 2 aromatic rings. The molecule has 2 aliphatic rings. The number of likely N-dealkylation sites (tertiary alicyclic amines) is 1.